The van der Waals surface area contributed by atoms with Crippen LogP contribution >= 0.6 is 11.3 Å². The molecule has 1 amide bonds. The maximum absolute atomic E-state index is 11.8. The van der Waals surface area contributed by atoms with E-state index in [0.29, 0.717) is 0 Å². The second kappa shape index (κ2) is 6.01. The van der Waals surface area contributed by atoms with Gasteiger partial charge in [-0.3, -0.25) is 4.79 Å². The Morgan fingerprint density at radius 2 is 1.80 bits per heavy atom. The van der Waals surface area contributed by atoms with Crippen molar-refractivity contribution in [1.82, 2.24) is 4.98 Å². The minimum absolute atomic E-state index is 0.0621. The summed E-state index contributed by atoms with van der Waals surface area (Å²) in [4.78, 5) is 18.7. The number of carbonyl (C=O) groups is 1. The third kappa shape index (κ3) is 2.81. The summed E-state index contributed by atoms with van der Waals surface area (Å²) in [5.74, 6) is -0.0428. The molecule has 1 atom stereocenters. The minimum Gasteiger partial charge on any atom is -0.378 e. The predicted octanol–water partition coefficient (Wildman–Crippen LogP) is 4.60. The molecule has 0 bridgehead atoms. The molecule has 0 radical (unpaired) electrons. The first-order valence-corrected chi connectivity index (χ1v) is 9.09. The van der Waals surface area contributed by atoms with Gasteiger partial charge in [0.15, 0.2) is 0 Å². The van der Waals surface area contributed by atoms with E-state index in [2.05, 4.69) is 45.9 Å². The van der Waals surface area contributed by atoms with Gasteiger partial charge in [-0.15, -0.1) is 11.3 Å². The molecule has 0 unspecified atom stereocenters. The van der Waals surface area contributed by atoms with Crippen molar-refractivity contribution in [2.45, 2.75) is 12.8 Å². The topological polar surface area (TPSA) is 45.2 Å². The van der Waals surface area contributed by atoms with E-state index in [0.717, 1.165) is 33.1 Å². The number of nitrogens with zero attached hydrogens (tertiary/aromatic N) is 2. The smallest absolute Gasteiger partial charge is 0.231 e. The molecule has 126 valence electrons. The summed E-state index contributed by atoms with van der Waals surface area (Å²) in [6.45, 7) is 1.93. The lowest BCUT2D eigenvalue weighted by molar-refractivity contribution is -0.116. The third-order valence-electron chi connectivity index (χ3n) is 4.60. The fraction of sp³-hybridized carbons (Fsp3) is 0.200. The molecule has 4 rings (SSSR count). The second-order valence-corrected chi connectivity index (χ2v) is 7.35. The summed E-state index contributed by atoms with van der Waals surface area (Å²) in [5, 5.41) is 5.99. The average molecular weight is 349 g/mol. The van der Waals surface area contributed by atoms with E-state index < -0.39 is 0 Å². The molecule has 0 saturated heterocycles. The number of thiazole rings is 1. The van der Waals surface area contributed by atoms with E-state index in [4.69, 9.17) is 4.98 Å². The normalized spacial score (nSPS) is 15.8. The summed E-state index contributed by atoms with van der Waals surface area (Å²) in [7, 11) is 4.07. The van der Waals surface area contributed by atoms with Crippen molar-refractivity contribution >= 4 is 28.6 Å². The first-order valence-electron chi connectivity index (χ1n) is 8.21. The maximum atomic E-state index is 11.8. The number of fused-ring (bicyclic) bond motifs is 1. The lowest BCUT2D eigenvalue weighted by Gasteiger charge is -2.12. The van der Waals surface area contributed by atoms with Gasteiger partial charge in [0.05, 0.1) is 11.6 Å². The van der Waals surface area contributed by atoms with Crippen LogP contribution in [-0.2, 0) is 4.79 Å². The quantitative estimate of drug-likeness (QED) is 0.752. The van der Waals surface area contributed by atoms with Gasteiger partial charge in [0, 0.05) is 42.0 Å². The van der Waals surface area contributed by atoms with E-state index in [1.165, 1.54) is 5.69 Å². The molecule has 0 fully saturated rings. The fourth-order valence-electron chi connectivity index (χ4n) is 3.02. The number of aromatic nitrogens is 1. The van der Waals surface area contributed by atoms with E-state index in [1.54, 1.807) is 11.3 Å². The number of benzene rings is 2. The highest BCUT2D eigenvalue weighted by atomic mass is 32.1. The number of carbonyl (C=O) groups excluding carboxylic acids is 1. The summed E-state index contributed by atoms with van der Waals surface area (Å²) in [6, 6.07) is 14.5. The van der Waals surface area contributed by atoms with Crippen molar-refractivity contribution in [2.75, 3.05) is 24.3 Å². The van der Waals surface area contributed by atoms with Gasteiger partial charge in [0.2, 0.25) is 5.91 Å². The molecule has 0 saturated carbocycles. The molecule has 0 spiro atoms. The van der Waals surface area contributed by atoms with Crippen LogP contribution in [0.25, 0.3) is 21.8 Å². The molecule has 1 aliphatic heterocycles. The van der Waals surface area contributed by atoms with Gasteiger partial charge in [-0.05, 0) is 48.9 Å². The van der Waals surface area contributed by atoms with Crippen molar-refractivity contribution in [3.05, 3.63) is 53.4 Å². The van der Waals surface area contributed by atoms with Gasteiger partial charge in [0.25, 0.3) is 0 Å². The molecule has 2 heterocycles. The van der Waals surface area contributed by atoms with Crippen LogP contribution in [0.1, 0.15) is 18.4 Å². The molecule has 3 aromatic rings. The zero-order valence-corrected chi connectivity index (χ0v) is 15.2. The van der Waals surface area contributed by atoms with Gasteiger partial charge in [-0.25, -0.2) is 4.98 Å². The average Bonchev–Trinajstić information content (AvgIpc) is 3.21. The van der Waals surface area contributed by atoms with Crippen molar-refractivity contribution in [3.63, 3.8) is 0 Å². The zero-order chi connectivity index (χ0) is 17.6. The highest BCUT2D eigenvalue weighted by Gasteiger charge is 2.26. The van der Waals surface area contributed by atoms with Gasteiger partial charge in [-0.1, -0.05) is 6.07 Å². The maximum Gasteiger partial charge on any atom is 0.231 e. The molecule has 5 heteroatoms. The van der Waals surface area contributed by atoms with Crippen LogP contribution in [0.2, 0.25) is 0 Å². The molecule has 1 aromatic heterocycles. The summed E-state index contributed by atoms with van der Waals surface area (Å²) >= 11 is 1.64. The van der Waals surface area contributed by atoms with Crippen LogP contribution in [0, 0.1) is 0 Å². The lowest BCUT2D eigenvalue weighted by atomic mass is 9.99. The first kappa shape index (κ1) is 15.8. The van der Waals surface area contributed by atoms with Crippen LogP contribution in [-0.4, -0.2) is 25.0 Å². The lowest BCUT2D eigenvalue weighted by Crippen LogP contribution is -2.08. The van der Waals surface area contributed by atoms with Crippen molar-refractivity contribution in [1.29, 1.82) is 0 Å². The first-order chi connectivity index (χ1) is 12.0. The number of nitrogens with one attached hydrogen (secondary N) is 1. The van der Waals surface area contributed by atoms with E-state index >= 15 is 0 Å². The second-order valence-electron chi connectivity index (χ2n) is 6.49. The standard InChI is InChI=1S/C20H19N3OS/c1-12-16-10-14(6-9-17(16)21-19(12)24)18-11-25-20(22-18)13-4-7-15(8-5-13)23(2)3/h4-12H,1-3H3,(H,21,24)/t12-/m1/s1. The van der Waals surface area contributed by atoms with Crippen LogP contribution in [0.4, 0.5) is 11.4 Å². The molecule has 25 heavy (non-hydrogen) atoms. The van der Waals surface area contributed by atoms with Crippen LogP contribution in [0.5, 0.6) is 0 Å². The van der Waals surface area contributed by atoms with E-state index in [-0.39, 0.29) is 11.8 Å². The Balaban J connectivity index is 1.65. The van der Waals surface area contributed by atoms with Crippen LogP contribution in [0.3, 0.4) is 0 Å². The number of amides is 1. The Morgan fingerprint density at radius 3 is 2.52 bits per heavy atom. The largest absolute Gasteiger partial charge is 0.378 e. The number of anilines is 2. The van der Waals surface area contributed by atoms with Crippen molar-refractivity contribution in [3.8, 4) is 21.8 Å². The summed E-state index contributed by atoms with van der Waals surface area (Å²) < 4.78 is 0. The number of rotatable bonds is 3. The molecule has 1 N–H and O–H groups in total. The number of hydrogen-bond donors (Lipinski definition) is 1. The SMILES string of the molecule is C[C@H]1C(=O)Nc2ccc(-c3csc(-c4ccc(N(C)C)cc4)n3)cc21. The summed E-state index contributed by atoms with van der Waals surface area (Å²) in [5.41, 5.74) is 6.25. The highest BCUT2D eigenvalue weighted by Crippen LogP contribution is 2.36. The van der Waals surface area contributed by atoms with Gasteiger partial charge in [-0.2, -0.15) is 0 Å². The van der Waals surface area contributed by atoms with Crippen LogP contribution in [0.15, 0.2) is 47.8 Å². The minimum atomic E-state index is -0.105. The zero-order valence-electron chi connectivity index (χ0n) is 14.4. The van der Waals surface area contributed by atoms with Crippen LogP contribution < -0.4 is 10.2 Å². The highest BCUT2D eigenvalue weighted by molar-refractivity contribution is 7.13. The summed E-state index contributed by atoms with van der Waals surface area (Å²) in [6.07, 6.45) is 0. The Hall–Kier alpha value is -2.66. The van der Waals surface area contributed by atoms with Crippen molar-refractivity contribution in [2.24, 2.45) is 0 Å². The predicted molar refractivity (Wildman–Crippen MR) is 104 cm³/mol. The number of hydrogen-bond acceptors (Lipinski definition) is 4. The molecular formula is C20H19N3OS. The molecule has 4 nitrogen and oxygen atoms in total. The van der Waals surface area contributed by atoms with Crippen molar-refractivity contribution < 1.29 is 4.79 Å². The Kier molecular flexibility index (Phi) is 3.81. The Bertz CT molecular complexity index is 944. The van der Waals surface area contributed by atoms with E-state index in [9.17, 15) is 4.79 Å². The molecule has 1 aliphatic rings. The Labute approximate surface area is 151 Å². The molecule has 0 aliphatic carbocycles. The van der Waals surface area contributed by atoms with Gasteiger partial charge >= 0.3 is 0 Å². The molecular weight excluding hydrogens is 330 g/mol. The Morgan fingerprint density at radius 1 is 1.08 bits per heavy atom. The monoisotopic (exact) mass is 349 g/mol. The molecule has 2 aromatic carbocycles. The van der Waals surface area contributed by atoms with Gasteiger partial charge in [0.1, 0.15) is 5.01 Å². The van der Waals surface area contributed by atoms with Gasteiger partial charge < -0.3 is 10.2 Å². The third-order valence-corrected chi connectivity index (χ3v) is 5.49. The fourth-order valence-corrected chi connectivity index (χ4v) is 3.85. The van der Waals surface area contributed by atoms with E-state index in [1.807, 2.05) is 33.2 Å².